The average Bonchev–Trinajstić information content (AvgIpc) is 2.56. The third-order valence-electron chi connectivity index (χ3n) is 3.59. The zero-order chi connectivity index (χ0) is 16.8. The Balaban J connectivity index is 2.33. The lowest BCUT2D eigenvalue weighted by atomic mass is 10.1. The molecule has 0 radical (unpaired) electrons. The van der Waals surface area contributed by atoms with Crippen LogP contribution in [0.15, 0.2) is 54.6 Å². The van der Waals surface area contributed by atoms with Crippen LogP contribution in [-0.2, 0) is 14.7 Å². The molecule has 0 aliphatic rings. The summed E-state index contributed by atoms with van der Waals surface area (Å²) in [6.45, 7) is 0. The molecule has 3 atom stereocenters. The van der Waals surface area contributed by atoms with Crippen LogP contribution in [0.2, 0.25) is 0 Å². The topological polar surface area (TPSA) is 92.8 Å². The summed E-state index contributed by atoms with van der Waals surface area (Å²) in [6, 6.07) is 15.1. The summed E-state index contributed by atoms with van der Waals surface area (Å²) < 4.78 is 5.63. The van der Waals surface area contributed by atoms with E-state index in [1.807, 2.05) is 30.3 Å². The van der Waals surface area contributed by atoms with E-state index in [1.165, 1.54) is 12.1 Å². The quantitative estimate of drug-likeness (QED) is 0.584. The Kier molecular flexibility index (Phi) is 6.04. The van der Waals surface area contributed by atoms with Gasteiger partial charge >= 0.3 is 5.97 Å². The van der Waals surface area contributed by atoms with E-state index in [2.05, 4.69) is 0 Å². The first-order valence-electron chi connectivity index (χ1n) is 7.15. The van der Waals surface area contributed by atoms with E-state index in [4.69, 9.17) is 9.92 Å². The Morgan fingerprint density at radius 3 is 2.30 bits per heavy atom. The van der Waals surface area contributed by atoms with Gasteiger partial charge in [-0.25, -0.2) is 0 Å². The van der Waals surface area contributed by atoms with Crippen molar-refractivity contribution in [3.05, 3.63) is 65.7 Å². The molecule has 0 saturated heterocycles. The molecule has 124 valence electrons. The van der Waals surface area contributed by atoms with E-state index in [-0.39, 0.29) is 5.75 Å². The van der Waals surface area contributed by atoms with Crippen molar-refractivity contribution in [3.8, 4) is 5.75 Å². The maximum atomic E-state index is 11.4. The molecule has 0 heterocycles. The molecule has 0 aliphatic heterocycles. The van der Waals surface area contributed by atoms with Gasteiger partial charge in [-0.3, -0.25) is 4.79 Å². The molecule has 5 nitrogen and oxygen atoms in total. The Labute approximate surface area is 138 Å². The van der Waals surface area contributed by atoms with E-state index in [0.717, 1.165) is 11.1 Å². The normalized spacial score (nSPS) is 15.7. The van der Waals surface area contributed by atoms with Crippen LogP contribution in [0.1, 0.15) is 16.4 Å². The number of carbonyl (C=O) groups is 1. The number of aromatic hydroxyl groups is 1. The number of carboxylic acid groups (broad SMARTS) is 1. The molecule has 2 unspecified atom stereocenters. The minimum atomic E-state index is -1.14. The number of phenols is 1. The maximum absolute atomic E-state index is 11.4. The van der Waals surface area contributed by atoms with Crippen LogP contribution >= 0.6 is 11.2 Å². The predicted molar refractivity (Wildman–Crippen MR) is 92.6 cm³/mol. The molecule has 0 spiro atoms. The van der Waals surface area contributed by atoms with Gasteiger partial charge in [0.05, 0.1) is 5.25 Å². The van der Waals surface area contributed by atoms with Gasteiger partial charge in [-0.05, 0) is 23.3 Å². The highest BCUT2D eigenvalue weighted by atomic mass is 32.2. The van der Waals surface area contributed by atoms with Crippen LogP contribution in [-0.4, -0.2) is 29.3 Å². The van der Waals surface area contributed by atoms with E-state index in [0.29, 0.717) is 5.75 Å². The second-order valence-electron chi connectivity index (χ2n) is 5.14. The van der Waals surface area contributed by atoms with Crippen molar-refractivity contribution >= 4 is 17.1 Å². The zero-order valence-corrected chi connectivity index (χ0v) is 13.7. The molecule has 0 fully saturated rings. The number of carboxylic acids is 1. The van der Waals surface area contributed by atoms with Gasteiger partial charge < -0.3 is 20.1 Å². The smallest absolute Gasteiger partial charge is 0.321 e. The van der Waals surface area contributed by atoms with Crippen molar-refractivity contribution in [1.29, 1.82) is 0 Å². The van der Waals surface area contributed by atoms with E-state index in [9.17, 15) is 15.0 Å². The number of benzene rings is 2. The average molecular weight is 335 g/mol. The highest BCUT2D eigenvalue weighted by molar-refractivity contribution is 8.12. The molecule has 23 heavy (non-hydrogen) atoms. The van der Waals surface area contributed by atoms with Crippen molar-refractivity contribution in [3.63, 3.8) is 0 Å². The third kappa shape index (κ3) is 4.48. The lowest BCUT2D eigenvalue weighted by molar-refractivity contribution is -0.138. The van der Waals surface area contributed by atoms with Crippen LogP contribution in [0.3, 0.4) is 0 Å². The molecular formula is C17H21NO4S. The molecule has 4 N–H and O–H groups in total. The molecule has 2 rings (SSSR count). The molecule has 0 amide bonds. The van der Waals surface area contributed by atoms with Gasteiger partial charge in [0.2, 0.25) is 0 Å². The molecule has 0 aromatic heterocycles. The lowest BCUT2D eigenvalue weighted by Crippen LogP contribution is -2.37. The second-order valence-corrected chi connectivity index (χ2v) is 7.22. The maximum Gasteiger partial charge on any atom is 0.321 e. The van der Waals surface area contributed by atoms with E-state index >= 15 is 0 Å². The molecule has 2 aromatic carbocycles. The van der Waals surface area contributed by atoms with Crippen LogP contribution in [0.4, 0.5) is 0 Å². The standard InChI is InChI=1S/C17H21NO4S/c1-22-23(11-12-5-3-2-4-6-12)16(15(18)17(20)21)13-7-9-14(19)10-8-13/h2-10,15-16,19,23H,11,18H2,1H3,(H,20,21)/t15-,16?/m1/s1. The van der Waals surface area contributed by atoms with Gasteiger partial charge in [0.1, 0.15) is 11.8 Å². The first kappa shape index (κ1) is 17.3. The summed E-state index contributed by atoms with van der Waals surface area (Å²) in [5.74, 6) is -0.332. The lowest BCUT2D eigenvalue weighted by Gasteiger charge is -2.32. The minimum absolute atomic E-state index is 0.126. The fraction of sp³-hybridized carbons (Fsp3) is 0.235. The summed E-state index contributed by atoms with van der Waals surface area (Å²) in [4.78, 5) is 11.4. The highest BCUT2D eigenvalue weighted by Gasteiger charge is 2.31. The second kappa shape index (κ2) is 8.01. The van der Waals surface area contributed by atoms with E-state index < -0.39 is 28.4 Å². The Morgan fingerprint density at radius 2 is 1.78 bits per heavy atom. The Hall–Kier alpha value is -2.02. The van der Waals surface area contributed by atoms with Crippen LogP contribution in [0.5, 0.6) is 5.75 Å². The zero-order valence-electron chi connectivity index (χ0n) is 12.8. The number of hydrogen-bond donors (Lipinski definition) is 4. The van der Waals surface area contributed by atoms with Crippen molar-refractivity contribution in [2.24, 2.45) is 5.73 Å². The van der Waals surface area contributed by atoms with Crippen molar-refractivity contribution in [2.45, 2.75) is 17.0 Å². The van der Waals surface area contributed by atoms with E-state index in [1.54, 1.807) is 19.2 Å². The number of nitrogens with two attached hydrogens (primary N) is 1. The van der Waals surface area contributed by atoms with Gasteiger partial charge in [-0.15, -0.1) is 11.2 Å². The molecule has 6 heteroatoms. The first-order chi connectivity index (χ1) is 11.0. The molecular weight excluding hydrogens is 314 g/mol. The SMILES string of the molecule is CO[SH](Cc1ccccc1)C(c1ccc(O)cc1)[C@@H](N)C(=O)O. The minimum Gasteiger partial charge on any atom is -0.508 e. The largest absolute Gasteiger partial charge is 0.508 e. The summed E-state index contributed by atoms with van der Waals surface area (Å²) in [6.07, 6.45) is 0. The number of aliphatic carboxylic acids is 1. The third-order valence-corrected chi connectivity index (χ3v) is 5.97. The van der Waals surface area contributed by atoms with Gasteiger partial charge in [0.25, 0.3) is 0 Å². The first-order valence-corrected chi connectivity index (χ1v) is 8.66. The monoisotopic (exact) mass is 335 g/mol. The van der Waals surface area contributed by atoms with Crippen LogP contribution in [0, 0.1) is 0 Å². The number of thiol groups is 1. The van der Waals surface area contributed by atoms with Gasteiger partial charge in [0, 0.05) is 12.9 Å². The van der Waals surface area contributed by atoms with Crippen molar-refractivity contribution in [2.75, 3.05) is 7.11 Å². The summed E-state index contributed by atoms with van der Waals surface area (Å²) in [7, 11) is 1.58. The Morgan fingerprint density at radius 1 is 1.17 bits per heavy atom. The van der Waals surface area contributed by atoms with Gasteiger partial charge in [0.15, 0.2) is 0 Å². The van der Waals surface area contributed by atoms with Gasteiger partial charge in [-0.2, -0.15) is 0 Å². The van der Waals surface area contributed by atoms with Crippen molar-refractivity contribution < 1.29 is 19.2 Å². The van der Waals surface area contributed by atoms with Crippen LogP contribution in [0.25, 0.3) is 0 Å². The summed E-state index contributed by atoms with van der Waals surface area (Å²) in [5.41, 5.74) is 7.76. The van der Waals surface area contributed by atoms with Crippen molar-refractivity contribution in [1.82, 2.24) is 0 Å². The van der Waals surface area contributed by atoms with Crippen LogP contribution < -0.4 is 5.73 Å². The summed E-state index contributed by atoms with van der Waals surface area (Å²) in [5, 5.41) is 18.3. The molecule has 0 aliphatic carbocycles. The molecule has 0 bridgehead atoms. The van der Waals surface area contributed by atoms with Gasteiger partial charge in [-0.1, -0.05) is 42.5 Å². The molecule has 2 aromatic rings. The number of phenolic OH excluding ortho intramolecular Hbond substituents is 1. The predicted octanol–water partition coefficient (Wildman–Crippen LogP) is 2.61. The molecule has 0 saturated carbocycles. The summed E-state index contributed by atoms with van der Waals surface area (Å²) >= 11 is -1.14. The number of rotatable bonds is 7. The fourth-order valence-corrected chi connectivity index (χ4v) is 4.51. The highest BCUT2D eigenvalue weighted by Crippen LogP contribution is 2.47. The number of hydrogen-bond acceptors (Lipinski definition) is 4. The fourth-order valence-electron chi connectivity index (χ4n) is 2.40. The Bertz CT molecular complexity index is 633.